The standard InChI is InChI=1S/C61H81N10O11PSi2/c1-42(2)71(43(3)4)83(80-35-19-32-62)82-52-51-56(70-41-65-50-53(63-40-64-54(50)70)66-55(72)44-20-15-13-16-21-44)81-60(52,38-69(51)57(67(58(73)74)33-36-84(7,8)9)68(59(75)76)34-37-85(10,11)12)39-79-61(45-22-17-14-18-23-45,46-24-28-48(77-5)29-25-46)47-26-30-49(78-6)31-27-47/h13-18,20-31,40-43,51-52,56-57H,19,33-39H2,1-12H3,(H,73,74)(H,75,76)(H,63,64,66,72)/t51-,52+,56-,60-,83?/m1/s1. The lowest BCUT2D eigenvalue weighted by atomic mass is 9.79. The minimum atomic E-state index is -2.09. The Kier molecular flexibility index (Phi) is 20.6. The molecule has 2 bridgehead atoms. The molecule has 4 heterocycles. The number of benzene rings is 4. The van der Waals surface area contributed by atoms with Crippen LogP contribution in [0.2, 0.25) is 51.4 Å². The third-order valence-electron chi connectivity index (χ3n) is 15.3. The van der Waals surface area contributed by atoms with E-state index in [1.807, 2.05) is 118 Å². The summed E-state index contributed by atoms with van der Waals surface area (Å²) in [6.07, 6.45) is -3.45. The molecule has 1 unspecified atom stereocenters. The number of amides is 3. The molecule has 0 spiro atoms. The summed E-state index contributed by atoms with van der Waals surface area (Å²) in [5.74, 6) is 0.934. The fourth-order valence-corrected chi connectivity index (χ4v) is 14.8. The van der Waals surface area contributed by atoms with E-state index in [1.54, 1.807) is 43.1 Å². The first-order chi connectivity index (χ1) is 40.4. The van der Waals surface area contributed by atoms with Gasteiger partial charge in [-0.15, -0.1) is 0 Å². The molecule has 21 nitrogen and oxygen atoms in total. The number of aromatic nitrogens is 4. The SMILES string of the molecule is COc1ccc(C(OC[C@@]23CN(C(N(CC[Si](C)(C)C)C(=O)O)N(CC[Si](C)(C)C)C(=O)O)[C@@H]([C@H](n4cnc5c(NC(=O)c6ccccc6)ncnc54)O2)[C@@H]3OP(OCCC#N)N(C(C)C)C(C)C)(c2ccccc2)c2ccc(OC)cc2)cc1. The Morgan fingerprint density at radius 2 is 1.32 bits per heavy atom. The van der Waals surface area contributed by atoms with Crippen molar-refractivity contribution in [1.29, 1.82) is 5.26 Å². The highest BCUT2D eigenvalue weighted by atomic mass is 31.2. The molecule has 0 radical (unpaired) electrons. The number of hydrogen-bond acceptors (Lipinski definition) is 15. The number of carboxylic acid groups (broad SMARTS) is 2. The molecule has 5 atom stereocenters. The molecule has 2 fully saturated rings. The Morgan fingerprint density at radius 3 is 1.81 bits per heavy atom. The van der Waals surface area contributed by atoms with Crippen LogP contribution in [0.5, 0.6) is 11.5 Å². The van der Waals surface area contributed by atoms with E-state index < -0.39 is 78.6 Å². The Balaban J connectivity index is 1.43. The second kappa shape index (κ2) is 27.2. The van der Waals surface area contributed by atoms with E-state index in [0.717, 1.165) is 16.7 Å². The average Bonchev–Trinajstić information content (AvgIpc) is 1.57. The van der Waals surface area contributed by atoms with Gasteiger partial charge in [0.2, 0.25) is 0 Å². The van der Waals surface area contributed by atoms with Crippen LogP contribution in [0.3, 0.4) is 0 Å². The lowest BCUT2D eigenvalue weighted by Gasteiger charge is -2.48. The fraction of sp³-hybridized carbons (Fsp3) is 0.459. The van der Waals surface area contributed by atoms with Gasteiger partial charge >= 0.3 is 12.2 Å². The molecular weight excluding hydrogens is 1140 g/mol. The normalized spacial score (nSPS) is 18.5. The number of nitrogens with one attached hydrogen (secondary N) is 1. The highest BCUT2D eigenvalue weighted by Gasteiger charge is 2.69. The van der Waals surface area contributed by atoms with Crippen molar-refractivity contribution in [3.63, 3.8) is 0 Å². The summed E-state index contributed by atoms with van der Waals surface area (Å²) < 4.78 is 45.1. The maximum absolute atomic E-state index is 14.3. The van der Waals surface area contributed by atoms with Crippen molar-refractivity contribution in [1.82, 2.24) is 38.9 Å². The number of hydrogen-bond donors (Lipinski definition) is 3. The average molecular weight is 1220 g/mol. The van der Waals surface area contributed by atoms with Gasteiger partial charge < -0.3 is 43.5 Å². The topological polar surface area (TPSA) is 239 Å². The molecule has 3 N–H and O–H groups in total. The van der Waals surface area contributed by atoms with Crippen molar-refractivity contribution < 1.29 is 52.6 Å². The molecular formula is C61H81N10O11PSi2. The number of nitriles is 1. The largest absolute Gasteiger partial charge is 0.497 e. The number of morpholine rings is 1. The fourth-order valence-electron chi connectivity index (χ4n) is 11.1. The second-order valence-electron chi connectivity index (χ2n) is 24.4. The van der Waals surface area contributed by atoms with Crippen LogP contribution in [0.1, 0.15) is 67.4 Å². The Morgan fingerprint density at radius 1 is 0.788 bits per heavy atom. The number of rotatable bonds is 28. The van der Waals surface area contributed by atoms with Crippen molar-refractivity contribution >= 4 is 59.7 Å². The van der Waals surface area contributed by atoms with Crippen molar-refractivity contribution in [2.24, 2.45) is 0 Å². The molecule has 0 aliphatic carbocycles. The van der Waals surface area contributed by atoms with E-state index in [4.69, 9.17) is 38.0 Å². The molecule has 4 aromatic carbocycles. The van der Waals surface area contributed by atoms with Crippen LogP contribution >= 0.6 is 8.53 Å². The highest BCUT2D eigenvalue weighted by molar-refractivity contribution is 7.44. The quantitative estimate of drug-likeness (QED) is 0.0136. The summed E-state index contributed by atoms with van der Waals surface area (Å²) >= 11 is 0. The van der Waals surface area contributed by atoms with Gasteiger partial charge in [0.05, 0.1) is 52.3 Å². The first-order valence-corrected chi connectivity index (χ1v) is 37.2. The smallest absolute Gasteiger partial charge is 0.410 e. The van der Waals surface area contributed by atoms with Gasteiger partial charge in [-0.1, -0.05) is 112 Å². The van der Waals surface area contributed by atoms with Crippen molar-refractivity contribution in [3.05, 3.63) is 144 Å². The first-order valence-electron chi connectivity index (χ1n) is 28.7. The van der Waals surface area contributed by atoms with Crippen molar-refractivity contribution in [2.75, 3.05) is 52.4 Å². The van der Waals surface area contributed by atoms with Gasteiger partial charge in [0.25, 0.3) is 14.4 Å². The lowest BCUT2D eigenvalue weighted by molar-refractivity contribution is -0.195. The molecule has 24 heteroatoms. The number of imidazole rings is 1. The van der Waals surface area contributed by atoms with Crippen LogP contribution in [-0.4, -0.2) is 167 Å². The van der Waals surface area contributed by atoms with Crippen LogP contribution in [0, 0.1) is 11.3 Å². The Bertz CT molecular complexity index is 3170. The monoisotopic (exact) mass is 1220 g/mol. The molecule has 454 valence electrons. The zero-order valence-electron chi connectivity index (χ0n) is 50.7. The van der Waals surface area contributed by atoms with Gasteiger partial charge in [0.1, 0.15) is 35.1 Å². The number of carbonyl (C=O) groups is 3. The summed E-state index contributed by atoms with van der Waals surface area (Å²) in [5, 5.41) is 36.1. The summed E-state index contributed by atoms with van der Waals surface area (Å²) in [4.78, 5) is 60.8. The van der Waals surface area contributed by atoms with Crippen LogP contribution in [0.4, 0.5) is 15.4 Å². The molecule has 8 rings (SSSR count). The van der Waals surface area contributed by atoms with Crippen molar-refractivity contribution in [3.8, 4) is 17.6 Å². The van der Waals surface area contributed by atoms with Gasteiger partial charge in [-0.3, -0.25) is 24.1 Å². The number of nitrogens with zero attached hydrogens (tertiary/aromatic N) is 9. The number of fused-ring (bicyclic) bond motifs is 3. The zero-order valence-corrected chi connectivity index (χ0v) is 53.6. The molecule has 6 aromatic rings. The van der Waals surface area contributed by atoms with Gasteiger partial charge in [0.15, 0.2) is 29.5 Å². The minimum absolute atomic E-state index is 0.0203. The number of carbonyl (C=O) groups excluding carboxylic acids is 1. The highest BCUT2D eigenvalue weighted by Crippen LogP contribution is 2.58. The number of likely N-dealkylation sites (tertiary alicyclic amines) is 1. The molecule has 3 amide bonds. The summed E-state index contributed by atoms with van der Waals surface area (Å²) in [5.41, 5.74) is 0.00450. The molecule has 85 heavy (non-hydrogen) atoms. The van der Waals surface area contributed by atoms with Gasteiger partial charge in [-0.2, -0.15) is 5.26 Å². The van der Waals surface area contributed by atoms with Crippen LogP contribution < -0.4 is 14.8 Å². The summed E-state index contributed by atoms with van der Waals surface area (Å²) in [6, 6.07) is 35.6. The first kappa shape index (κ1) is 64.2. The Labute approximate surface area is 501 Å². The number of ether oxygens (including phenoxy) is 4. The third-order valence-corrected chi connectivity index (χ3v) is 20.9. The van der Waals surface area contributed by atoms with Crippen molar-refractivity contribution in [2.45, 2.75) is 133 Å². The van der Waals surface area contributed by atoms with E-state index in [2.05, 4.69) is 60.3 Å². The second-order valence-corrected chi connectivity index (χ2v) is 37.0. The molecule has 2 aliphatic heterocycles. The van der Waals surface area contributed by atoms with E-state index in [9.17, 15) is 29.9 Å². The third kappa shape index (κ3) is 14.4. The lowest BCUT2D eigenvalue weighted by Crippen LogP contribution is -2.66. The van der Waals surface area contributed by atoms with E-state index in [-0.39, 0.29) is 68.3 Å². The van der Waals surface area contributed by atoms with Gasteiger partial charge in [-0.05, 0) is 92.9 Å². The van der Waals surface area contributed by atoms with Crippen LogP contribution in [0.25, 0.3) is 11.2 Å². The predicted molar refractivity (Wildman–Crippen MR) is 331 cm³/mol. The van der Waals surface area contributed by atoms with Crippen LogP contribution in [0.15, 0.2) is 122 Å². The zero-order chi connectivity index (χ0) is 61.4. The van der Waals surface area contributed by atoms with E-state index >= 15 is 0 Å². The molecule has 2 saturated heterocycles. The maximum atomic E-state index is 14.3. The minimum Gasteiger partial charge on any atom is -0.497 e. The van der Waals surface area contributed by atoms with Gasteiger partial charge in [-0.25, -0.2) is 29.2 Å². The van der Waals surface area contributed by atoms with Crippen LogP contribution in [-0.2, 0) is 24.1 Å². The number of methoxy groups -OCH3 is 2. The summed E-state index contributed by atoms with van der Waals surface area (Å²) in [6.45, 7) is 20.7. The predicted octanol–water partition coefficient (Wildman–Crippen LogP) is 11.6. The summed E-state index contributed by atoms with van der Waals surface area (Å²) in [7, 11) is -2.92. The van der Waals surface area contributed by atoms with E-state index in [0.29, 0.717) is 29.2 Å². The maximum Gasteiger partial charge on any atom is 0.410 e. The van der Waals surface area contributed by atoms with Gasteiger partial charge in [0, 0.05) is 53.4 Å². The molecule has 2 aromatic heterocycles. The molecule has 0 saturated carbocycles. The Hall–Kier alpha value is -6.85. The molecule has 2 aliphatic rings. The number of anilines is 1. The van der Waals surface area contributed by atoms with E-state index in [1.165, 1.54) is 22.5 Å².